The summed E-state index contributed by atoms with van der Waals surface area (Å²) in [5.74, 6) is 0.678. The largest absolute Gasteiger partial charge is 0.354 e. The molecule has 1 fully saturated rings. The van der Waals surface area contributed by atoms with Gasteiger partial charge in [0.1, 0.15) is 6.54 Å². The maximum Gasteiger partial charge on any atom is 0.241 e. The van der Waals surface area contributed by atoms with E-state index in [-0.39, 0.29) is 18.5 Å². The fraction of sp³-hybridized carbons (Fsp3) is 0.727. The smallest absolute Gasteiger partial charge is 0.241 e. The number of hydrogen-bond acceptors (Lipinski definition) is 4. The first kappa shape index (κ1) is 12.0. The summed E-state index contributed by atoms with van der Waals surface area (Å²) in [6.07, 6.45) is 5.02. The van der Waals surface area contributed by atoms with Crippen LogP contribution in [0.15, 0.2) is 6.20 Å². The Labute approximate surface area is 101 Å². The second kappa shape index (κ2) is 5.27. The average Bonchev–Trinajstić information content (AvgIpc) is 3.05. The summed E-state index contributed by atoms with van der Waals surface area (Å²) in [5.41, 5.74) is 6.57. The number of nitrogens with one attached hydrogen (secondary N) is 1. The Kier molecular flexibility index (Phi) is 3.73. The van der Waals surface area contributed by atoms with Crippen molar-refractivity contribution >= 4 is 5.91 Å². The number of nitrogens with zero attached hydrogens (tertiary/aromatic N) is 3. The predicted molar refractivity (Wildman–Crippen MR) is 63.0 cm³/mol. The highest BCUT2D eigenvalue weighted by molar-refractivity contribution is 5.75. The number of carbonyl (C=O) groups is 1. The van der Waals surface area contributed by atoms with Gasteiger partial charge in [0.05, 0.1) is 17.9 Å². The first-order valence-electron chi connectivity index (χ1n) is 6.11. The van der Waals surface area contributed by atoms with Gasteiger partial charge in [-0.25, -0.2) is 4.68 Å². The van der Waals surface area contributed by atoms with Crippen LogP contribution in [0, 0.1) is 5.92 Å². The van der Waals surface area contributed by atoms with E-state index in [1.54, 1.807) is 6.20 Å². The van der Waals surface area contributed by atoms with Gasteiger partial charge in [0.25, 0.3) is 0 Å². The minimum Gasteiger partial charge on any atom is -0.354 e. The average molecular weight is 237 g/mol. The third-order valence-corrected chi connectivity index (χ3v) is 2.97. The van der Waals surface area contributed by atoms with E-state index in [0.29, 0.717) is 5.92 Å². The maximum absolute atomic E-state index is 11.6. The van der Waals surface area contributed by atoms with E-state index in [1.807, 2.05) is 6.92 Å². The molecule has 0 saturated heterocycles. The summed E-state index contributed by atoms with van der Waals surface area (Å²) in [5, 5.41) is 10.7. The summed E-state index contributed by atoms with van der Waals surface area (Å²) in [6.45, 7) is 3.00. The van der Waals surface area contributed by atoms with Crippen molar-refractivity contribution in [3.63, 3.8) is 0 Å². The van der Waals surface area contributed by atoms with Crippen LogP contribution in [-0.4, -0.2) is 27.4 Å². The van der Waals surface area contributed by atoms with Crippen LogP contribution in [-0.2, 0) is 11.3 Å². The zero-order chi connectivity index (χ0) is 12.3. The SMILES string of the molecule is CCC(N)c1cn(CC(=O)NCC2CC2)nn1. The molecule has 3 N–H and O–H groups in total. The summed E-state index contributed by atoms with van der Waals surface area (Å²) in [6, 6.07) is -0.0988. The van der Waals surface area contributed by atoms with E-state index in [0.717, 1.165) is 18.7 Å². The summed E-state index contributed by atoms with van der Waals surface area (Å²) in [4.78, 5) is 11.6. The van der Waals surface area contributed by atoms with Gasteiger partial charge in [-0.15, -0.1) is 5.10 Å². The van der Waals surface area contributed by atoms with Crippen LogP contribution < -0.4 is 11.1 Å². The Hall–Kier alpha value is -1.43. The molecule has 17 heavy (non-hydrogen) atoms. The molecule has 94 valence electrons. The fourth-order valence-corrected chi connectivity index (χ4v) is 1.55. The van der Waals surface area contributed by atoms with Crippen LogP contribution >= 0.6 is 0 Å². The van der Waals surface area contributed by atoms with Crippen LogP contribution in [0.5, 0.6) is 0 Å². The van der Waals surface area contributed by atoms with Crippen molar-refractivity contribution in [3.05, 3.63) is 11.9 Å². The number of rotatable bonds is 6. The highest BCUT2D eigenvalue weighted by Crippen LogP contribution is 2.27. The van der Waals surface area contributed by atoms with Gasteiger partial charge in [-0.05, 0) is 25.2 Å². The van der Waals surface area contributed by atoms with Crippen LogP contribution in [0.25, 0.3) is 0 Å². The van der Waals surface area contributed by atoms with Gasteiger partial charge in [0.15, 0.2) is 0 Å². The maximum atomic E-state index is 11.6. The number of aromatic nitrogens is 3. The minimum absolute atomic E-state index is 0.0154. The van der Waals surface area contributed by atoms with Crippen LogP contribution in [0.2, 0.25) is 0 Å². The van der Waals surface area contributed by atoms with Crippen molar-refractivity contribution in [2.75, 3.05) is 6.54 Å². The molecule has 1 aliphatic carbocycles. The Morgan fingerprint density at radius 2 is 2.47 bits per heavy atom. The van der Waals surface area contributed by atoms with E-state index < -0.39 is 0 Å². The van der Waals surface area contributed by atoms with E-state index in [2.05, 4.69) is 15.6 Å². The van der Waals surface area contributed by atoms with Gasteiger partial charge in [0.2, 0.25) is 5.91 Å². The first-order chi connectivity index (χ1) is 8.19. The van der Waals surface area contributed by atoms with Crippen molar-refractivity contribution in [3.8, 4) is 0 Å². The molecular formula is C11H19N5O. The normalized spacial score (nSPS) is 16.8. The molecule has 0 aliphatic heterocycles. The van der Waals surface area contributed by atoms with Gasteiger partial charge in [-0.1, -0.05) is 12.1 Å². The summed E-state index contributed by atoms with van der Waals surface area (Å²) >= 11 is 0. The van der Waals surface area contributed by atoms with Crippen molar-refractivity contribution in [1.82, 2.24) is 20.3 Å². The Bertz CT molecular complexity index is 385. The molecule has 1 unspecified atom stereocenters. The lowest BCUT2D eigenvalue weighted by Crippen LogP contribution is -2.29. The van der Waals surface area contributed by atoms with Gasteiger partial charge >= 0.3 is 0 Å². The second-order valence-corrected chi connectivity index (χ2v) is 4.60. The van der Waals surface area contributed by atoms with Crippen molar-refractivity contribution in [1.29, 1.82) is 0 Å². The third-order valence-electron chi connectivity index (χ3n) is 2.97. The molecule has 6 heteroatoms. The van der Waals surface area contributed by atoms with Crippen molar-refractivity contribution in [2.45, 2.75) is 38.8 Å². The van der Waals surface area contributed by atoms with E-state index in [1.165, 1.54) is 17.5 Å². The molecule has 0 spiro atoms. The zero-order valence-corrected chi connectivity index (χ0v) is 10.1. The third kappa shape index (κ3) is 3.52. The molecule has 1 aliphatic rings. The standard InChI is InChI=1S/C11H19N5O/c1-2-9(12)10-6-16(15-14-10)7-11(17)13-5-8-3-4-8/h6,8-9H,2-5,7,12H2,1H3,(H,13,17). The zero-order valence-electron chi connectivity index (χ0n) is 10.1. The van der Waals surface area contributed by atoms with E-state index in [9.17, 15) is 4.79 Å². The molecule has 1 atom stereocenters. The molecule has 0 radical (unpaired) electrons. The van der Waals surface area contributed by atoms with Crippen LogP contribution in [0.1, 0.15) is 37.9 Å². The van der Waals surface area contributed by atoms with Crippen molar-refractivity contribution in [2.24, 2.45) is 11.7 Å². The lowest BCUT2D eigenvalue weighted by atomic mass is 10.2. The lowest BCUT2D eigenvalue weighted by molar-refractivity contribution is -0.121. The lowest BCUT2D eigenvalue weighted by Gasteiger charge is -2.03. The molecule has 6 nitrogen and oxygen atoms in total. The molecule has 1 aromatic rings. The van der Waals surface area contributed by atoms with Gasteiger partial charge < -0.3 is 11.1 Å². The van der Waals surface area contributed by atoms with Gasteiger partial charge in [0, 0.05) is 6.54 Å². The topological polar surface area (TPSA) is 85.8 Å². The second-order valence-electron chi connectivity index (χ2n) is 4.60. The molecule has 2 rings (SSSR count). The van der Waals surface area contributed by atoms with Crippen LogP contribution in [0.4, 0.5) is 0 Å². The van der Waals surface area contributed by atoms with Crippen molar-refractivity contribution < 1.29 is 4.79 Å². The summed E-state index contributed by atoms with van der Waals surface area (Å²) in [7, 11) is 0. The quantitative estimate of drug-likeness (QED) is 0.740. The fourth-order valence-electron chi connectivity index (χ4n) is 1.55. The Balaban J connectivity index is 1.80. The molecule has 0 bridgehead atoms. The molecule has 1 aromatic heterocycles. The molecule has 0 aromatic carbocycles. The molecular weight excluding hydrogens is 218 g/mol. The van der Waals surface area contributed by atoms with Gasteiger partial charge in [-0.3, -0.25) is 4.79 Å². The number of amides is 1. The molecule has 1 amide bonds. The van der Waals surface area contributed by atoms with E-state index in [4.69, 9.17) is 5.73 Å². The first-order valence-corrected chi connectivity index (χ1v) is 6.11. The number of nitrogens with two attached hydrogens (primary N) is 1. The number of carbonyl (C=O) groups excluding carboxylic acids is 1. The van der Waals surface area contributed by atoms with Gasteiger partial charge in [-0.2, -0.15) is 0 Å². The predicted octanol–water partition coefficient (Wildman–Crippen LogP) is 0.214. The van der Waals surface area contributed by atoms with E-state index >= 15 is 0 Å². The minimum atomic E-state index is -0.0988. The Morgan fingerprint density at radius 1 is 1.71 bits per heavy atom. The highest BCUT2D eigenvalue weighted by atomic mass is 16.2. The molecule has 1 heterocycles. The summed E-state index contributed by atoms with van der Waals surface area (Å²) < 4.78 is 1.53. The monoisotopic (exact) mass is 237 g/mol. The molecule has 1 saturated carbocycles. The highest BCUT2D eigenvalue weighted by Gasteiger charge is 2.21. The van der Waals surface area contributed by atoms with Crippen LogP contribution in [0.3, 0.4) is 0 Å². The number of hydrogen-bond donors (Lipinski definition) is 2. The Morgan fingerprint density at radius 3 is 3.12 bits per heavy atom.